The molecular weight excluding hydrogens is 304 g/mol. The summed E-state index contributed by atoms with van der Waals surface area (Å²) in [5.74, 6) is 0.0145. The van der Waals surface area contributed by atoms with Crippen molar-refractivity contribution in [2.24, 2.45) is 0 Å². The number of hydrogen-bond donors (Lipinski definition) is 1. The Morgan fingerprint density at radius 2 is 2.05 bits per heavy atom. The van der Waals surface area contributed by atoms with Gasteiger partial charge < -0.3 is 10.1 Å². The number of halogens is 1. The average Bonchev–Trinajstić information content (AvgIpc) is 2.46. The van der Waals surface area contributed by atoms with E-state index in [9.17, 15) is 9.59 Å². The second kappa shape index (κ2) is 8.03. The van der Waals surface area contributed by atoms with E-state index in [1.54, 1.807) is 12.1 Å². The second-order valence-corrected chi connectivity index (χ2v) is 5.66. The summed E-state index contributed by atoms with van der Waals surface area (Å²) in [7, 11) is 1.50. The highest BCUT2D eigenvalue weighted by Gasteiger charge is 2.21. The zero-order valence-corrected chi connectivity index (χ0v) is 14.5. The van der Waals surface area contributed by atoms with Crippen LogP contribution < -0.4 is 15.0 Å². The van der Waals surface area contributed by atoms with E-state index >= 15 is 0 Å². The van der Waals surface area contributed by atoms with Gasteiger partial charge in [-0.1, -0.05) is 18.5 Å². The second-order valence-electron chi connectivity index (χ2n) is 5.26. The van der Waals surface area contributed by atoms with Crippen molar-refractivity contribution in [2.45, 2.75) is 40.2 Å². The number of carbonyl (C=O) groups excluding carboxylic acids is 2. The minimum atomic E-state index is -0.237. The first-order chi connectivity index (χ1) is 10.3. The molecule has 1 aromatic carbocycles. The molecule has 0 fully saturated rings. The lowest BCUT2D eigenvalue weighted by Crippen LogP contribution is -2.42. The molecule has 0 aliphatic heterocycles. The summed E-state index contributed by atoms with van der Waals surface area (Å²) in [5.41, 5.74) is 1.35. The molecule has 1 atom stereocenters. The van der Waals surface area contributed by atoms with Crippen molar-refractivity contribution in [3.8, 4) is 5.75 Å². The molecule has 0 spiro atoms. The minimum absolute atomic E-state index is 0.0584. The summed E-state index contributed by atoms with van der Waals surface area (Å²) < 4.78 is 5.29. The van der Waals surface area contributed by atoms with E-state index in [0.717, 1.165) is 12.0 Å². The van der Waals surface area contributed by atoms with Crippen molar-refractivity contribution in [3.05, 3.63) is 22.7 Å². The molecule has 1 N–H and O–H groups in total. The summed E-state index contributed by atoms with van der Waals surface area (Å²) >= 11 is 6.08. The predicted octanol–water partition coefficient (Wildman–Crippen LogP) is 2.92. The van der Waals surface area contributed by atoms with Gasteiger partial charge in [0.05, 0.1) is 12.8 Å². The van der Waals surface area contributed by atoms with Gasteiger partial charge in [-0.05, 0) is 31.9 Å². The molecule has 0 aromatic heterocycles. The highest BCUT2D eigenvalue weighted by atomic mass is 35.5. The Bertz CT molecular complexity index is 561. The monoisotopic (exact) mass is 326 g/mol. The van der Waals surface area contributed by atoms with Gasteiger partial charge in [-0.3, -0.25) is 14.5 Å². The van der Waals surface area contributed by atoms with Crippen LogP contribution in [-0.2, 0) is 9.59 Å². The highest BCUT2D eigenvalue weighted by Crippen LogP contribution is 2.33. The van der Waals surface area contributed by atoms with Crippen molar-refractivity contribution < 1.29 is 14.3 Å². The topological polar surface area (TPSA) is 58.6 Å². The Morgan fingerprint density at radius 3 is 2.55 bits per heavy atom. The number of amides is 2. The van der Waals surface area contributed by atoms with E-state index in [1.807, 2.05) is 20.8 Å². The summed E-state index contributed by atoms with van der Waals surface area (Å²) in [4.78, 5) is 25.4. The Labute approximate surface area is 136 Å². The number of methoxy groups -OCH3 is 1. The van der Waals surface area contributed by atoms with Crippen molar-refractivity contribution >= 4 is 29.1 Å². The van der Waals surface area contributed by atoms with Crippen LogP contribution in [0.25, 0.3) is 0 Å². The average molecular weight is 327 g/mol. The number of rotatable bonds is 6. The van der Waals surface area contributed by atoms with Gasteiger partial charge in [0.1, 0.15) is 12.3 Å². The van der Waals surface area contributed by atoms with Crippen LogP contribution in [0.3, 0.4) is 0 Å². The molecule has 0 saturated heterocycles. The minimum Gasteiger partial charge on any atom is -0.495 e. The molecule has 6 heteroatoms. The Hall–Kier alpha value is -1.75. The van der Waals surface area contributed by atoms with Crippen LogP contribution in [0.5, 0.6) is 5.75 Å². The van der Waals surface area contributed by atoms with Crippen LogP contribution >= 0.6 is 11.6 Å². The molecule has 1 aromatic rings. The molecular formula is C16H23ClN2O3. The summed E-state index contributed by atoms with van der Waals surface area (Å²) in [6, 6.07) is 3.46. The van der Waals surface area contributed by atoms with Gasteiger partial charge in [-0.2, -0.15) is 0 Å². The molecule has 122 valence electrons. The number of ether oxygens (including phenoxy) is 1. The number of anilines is 1. The highest BCUT2D eigenvalue weighted by molar-refractivity contribution is 6.31. The quantitative estimate of drug-likeness (QED) is 0.874. The first-order valence-electron chi connectivity index (χ1n) is 7.21. The number of benzene rings is 1. The van der Waals surface area contributed by atoms with Crippen molar-refractivity contribution in [1.82, 2.24) is 5.32 Å². The Morgan fingerprint density at radius 1 is 1.41 bits per heavy atom. The zero-order chi connectivity index (χ0) is 16.9. The van der Waals surface area contributed by atoms with Gasteiger partial charge in [0.15, 0.2) is 0 Å². The fraction of sp³-hybridized carbons (Fsp3) is 0.500. The Kier molecular flexibility index (Phi) is 6.68. The molecule has 1 rings (SSSR count). The summed E-state index contributed by atoms with van der Waals surface area (Å²) in [6.07, 6.45) is 0.829. The van der Waals surface area contributed by atoms with Gasteiger partial charge in [0.2, 0.25) is 11.8 Å². The lowest BCUT2D eigenvalue weighted by Gasteiger charge is -2.24. The molecule has 2 amide bonds. The molecule has 1 unspecified atom stereocenters. The first-order valence-corrected chi connectivity index (χ1v) is 7.59. The number of hydrogen-bond acceptors (Lipinski definition) is 3. The van der Waals surface area contributed by atoms with E-state index in [2.05, 4.69) is 5.32 Å². The maximum Gasteiger partial charge on any atom is 0.240 e. The largest absolute Gasteiger partial charge is 0.495 e. The number of aryl methyl sites for hydroxylation is 1. The van der Waals surface area contributed by atoms with E-state index in [4.69, 9.17) is 16.3 Å². The zero-order valence-electron chi connectivity index (χ0n) is 13.7. The van der Waals surface area contributed by atoms with Gasteiger partial charge in [0, 0.05) is 24.1 Å². The van der Waals surface area contributed by atoms with Crippen LogP contribution in [0.2, 0.25) is 5.02 Å². The van der Waals surface area contributed by atoms with Crippen LogP contribution in [0, 0.1) is 6.92 Å². The third-order valence-electron chi connectivity index (χ3n) is 3.45. The number of nitrogens with zero attached hydrogens (tertiary/aromatic N) is 1. The molecule has 22 heavy (non-hydrogen) atoms. The number of nitrogens with one attached hydrogen (secondary N) is 1. The molecule has 5 nitrogen and oxygen atoms in total. The van der Waals surface area contributed by atoms with Crippen LogP contribution in [-0.4, -0.2) is 31.5 Å². The number of carbonyl (C=O) groups is 2. The van der Waals surface area contributed by atoms with Gasteiger partial charge in [-0.25, -0.2) is 0 Å². The maximum atomic E-state index is 12.1. The van der Waals surface area contributed by atoms with E-state index in [0.29, 0.717) is 16.5 Å². The third kappa shape index (κ3) is 4.63. The van der Waals surface area contributed by atoms with Crippen LogP contribution in [0.1, 0.15) is 32.8 Å². The smallest absolute Gasteiger partial charge is 0.240 e. The van der Waals surface area contributed by atoms with Crippen molar-refractivity contribution in [1.29, 1.82) is 0 Å². The van der Waals surface area contributed by atoms with Gasteiger partial charge in [-0.15, -0.1) is 0 Å². The molecule has 0 saturated carbocycles. The van der Waals surface area contributed by atoms with E-state index < -0.39 is 0 Å². The maximum absolute atomic E-state index is 12.1. The molecule has 0 aliphatic rings. The lowest BCUT2D eigenvalue weighted by molar-refractivity contribution is -0.123. The molecule has 0 aliphatic carbocycles. The fourth-order valence-electron chi connectivity index (χ4n) is 1.95. The van der Waals surface area contributed by atoms with Crippen molar-refractivity contribution in [2.75, 3.05) is 18.6 Å². The lowest BCUT2D eigenvalue weighted by atomic mass is 10.1. The SMILES string of the molecule is CCC(C)NC(=O)CN(C(C)=O)c1cc(C)c(Cl)cc1OC. The normalized spacial score (nSPS) is 11.7. The van der Waals surface area contributed by atoms with E-state index in [1.165, 1.54) is 18.9 Å². The third-order valence-corrected chi connectivity index (χ3v) is 3.86. The molecule has 0 heterocycles. The fourth-order valence-corrected chi connectivity index (χ4v) is 2.11. The first kappa shape index (κ1) is 18.3. The summed E-state index contributed by atoms with van der Waals surface area (Å²) in [6.45, 7) is 7.10. The molecule has 0 bridgehead atoms. The van der Waals surface area contributed by atoms with Gasteiger partial charge >= 0.3 is 0 Å². The Balaban J connectivity index is 3.09. The summed E-state index contributed by atoms with van der Waals surface area (Å²) in [5, 5.41) is 3.40. The van der Waals surface area contributed by atoms with Crippen molar-refractivity contribution in [3.63, 3.8) is 0 Å². The van der Waals surface area contributed by atoms with Gasteiger partial charge in [0.25, 0.3) is 0 Å². The predicted molar refractivity (Wildman–Crippen MR) is 88.7 cm³/mol. The van der Waals surface area contributed by atoms with E-state index in [-0.39, 0.29) is 24.4 Å². The standard InChI is InChI=1S/C16H23ClN2O3/c1-6-11(3)18-16(21)9-19(12(4)20)14-7-10(2)13(17)8-15(14)22-5/h7-8,11H,6,9H2,1-5H3,(H,18,21). The van der Waals surface area contributed by atoms with Crippen LogP contribution in [0.15, 0.2) is 12.1 Å². The molecule has 0 radical (unpaired) electrons. The van der Waals surface area contributed by atoms with Crippen LogP contribution in [0.4, 0.5) is 5.69 Å².